The van der Waals surface area contributed by atoms with Crippen molar-refractivity contribution in [2.24, 2.45) is 0 Å². The fraction of sp³-hybridized carbons (Fsp3) is 0.182. The maximum Gasteiger partial charge on any atom is 0.222 e. The molecule has 0 aliphatic heterocycles. The molecular weight excluding hydrogens is 350 g/mol. The molecule has 1 amide bonds. The second-order valence-electron chi connectivity index (χ2n) is 6.54. The number of rotatable bonds is 4. The van der Waals surface area contributed by atoms with Crippen molar-refractivity contribution in [1.82, 2.24) is 9.55 Å². The average molecular weight is 369 g/mol. The van der Waals surface area contributed by atoms with E-state index in [2.05, 4.69) is 27.0 Å². The molecule has 3 aromatic rings. The molecule has 2 heterocycles. The highest BCUT2D eigenvalue weighted by Gasteiger charge is 2.19. The molecule has 0 aliphatic carbocycles. The van der Waals surface area contributed by atoms with Crippen LogP contribution >= 0.6 is 0 Å². The van der Waals surface area contributed by atoms with Gasteiger partial charge < -0.3 is 9.88 Å². The highest BCUT2D eigenvalue weighted by molar-refractivity contribution is 5.87. The molecule has 0 radical (unpaired) electrons. The number of nitriles is 2. The first-order chi connectivity index (χ1) is 13.4. The molecule has 6 heteroatoms. The minimum absolute atomic E-state index is 0.164. The normalized spacial score (nSPS) is 10.2. The van der Waals surface area contributed by atoms with Crippen molar-refractivity contribution >= 4 is 11.7 Å². The van der Waals surface area contributed by atoms with Crippen molar-refractivity contribution in [3.05, 3.63) is 70.7 Å². The summed E-state index contributed by atoms with van der Waals surface area (Å²) in [6.07, 6.45) is 1.72. The van der Waals surface area contributed by atoms with Crippen molar-refractivity contribution in [1.29, 1.82) is 10.5 Å². The van der Waals surface area contributed by atoms with Crippen LogP contribution < -0.4 is 5.32 Å². The predicted octanol–water partition coefficient (Wildman–Crippen LogP) is 3.92. The van der Waals surface area contributed by atoms with Gasteiger partial charge in [0.15, 0.2) is 0 Å². The van der Waals surface area contributed by atoms with Gasteiger partial charge in [-0.3, -0.25) is 4.79 Å². The van der Waals surface area contributed by atoms with Crippen LogP contribution in [-0.4, -0.2) is 15.5 Å². The Morgan fingerprint density at radius 2 is 1.79 bits per heavy atom. The lowest BCUT2D eigenvalue weighted by atomic mass is 10.0. The van der Waals surface area contributed by atoms with Crippen molar-refractivity contribution in [3.8, 4) is 23.3 Å². The zero-order valence-corrected chi connectivity index (χ0v) is 15.9. The Balaban J connectivity index is 1.98. The fourth-order valence-corrected chi connectivity index (χ4v) is 3.28. The van der Waals surface area contributed by atoms with E-state index in [9.17, 15) is 10.1 Å². The number of hydrogen-bond donors (Lipinski definition) is 1. The van der Waals surface area contributed by atoms with E-state index in [1.54, 1.807) is 24.4 Å². The molecule has 0 unspecified atom stereocenters. The van der Waals surface area contributed by atoms with Gasteiger partial charge in [-0.2, -0.15) is 10.5 Å². The van der Waals surface area contributed by atoms with Crippen molar-refractivity contribution in [3.63, 3.8) is 0 Å². The first-order valence-corrected chi connectivity index (χ1v) is 8.77. The third-order valence-corrected chi connectivity index (χ3v) is 4.67. The standard InChI is InChI=1S/C22H19N5O/c1-14-20(11-24)22(19-7-4-17(10-23)5-8-19)15(2)27(14)13-18-6-9-21(25-12-18)26-16(3)28/h4-9,12H,13H2,1-3H3,(H,25,26,28). The number of benzene rings is 1. The lowest BCUT2D eigenvalue weighted by Crippen LogP contribution is -2.08. The SMILES string of the molecule is CC(=O)Nc1ccc(Cn2c(C)c(C#N)c(-c3ccc(C#N)cc3)c2C)cn1. The lowest BCUT2D eigenvalue weighted by molar-refractivity contribution is -0.114. The molecule has 0 atom stereocenters. The van der Waals surface area contributed by atoms with Crippen molar-refractivity contribution in [2.75, 3.05) is 5.32 Å². The Labute approximate surface area is 163 Å². The zero-order chi connectivity index (χ0) is 20.3. The monoisotopic (exact) mass is 369 g/mol. The van der Waals surface area contributed by atoms with E-state index in [1.165, 1.54) is 6.92 Å². The summed E-state index contributed by atoms with van der Waals surface area (Å²) in [7, 11) is 0. The Morgan fingerprint density at radius 1 is 1.07 bits per heavy atom. The predicted molar refractivity (Wildman–Crippen MR) is 106 cm³/mol. The van der Waals surface area contributed by atoms with Gasteiger partial charge in [-0.05, 0) is 43.2 Å². The number of carbonyl (C=O) groups is 1. The average Bonchev–Trinajstić information content (AvgIpc) is 2.93. The first kappa shape index (κ1) is 18.9. The van der Waals surface area contributed by atoms with Crippen LogP contribution in [0, 0.1) is 36.5 Å². The quantitative estimate of drug-likeness (QED) is 0.754. The molecule has 0 aliphatic rings. The van der Waals surface area contributed by atoms with Gasteiger partial charge in [0.2, 0.25) is 5.91 Å². The molecule has 28 heavy (non-hydrogen) atoms. The summed E-state index contributed by atoms with van der Waals surface area (Å²) < 4.78 is 2.08. The van der Waals surface area contributed by atoms with E-state index in [-0.39, 0.29) is 5.91 Å². The molecule has 0 fully saturated rings. The molecule has 2 aromatic heterocycles. The van der Waals surface area contributed by atoms with E-state index in [0.717, 1.165) is 28.1 Å². The number of nitrogens with one attached hydrogen (secondary N) is 1. The summed E-state index contributed by atoms with van der Waals surface area (Å²) in [5, 5.41) is 21.4. The van der Waals surface area contributed by atoms with Crippen LogP contribution in [0.25, 0.3) is 11.1 Å². The van der Waals surface area contributed by atoms with Gasteiger partial charge >= 0.3 is 0 Å². The number of nitrogens with zero attached hydrogens (tertiary/aromatic N) is 4. The van der Waals surface area contributed by atoms with E-state index in [0.29, 0.717) is 23.5 Å². The van der Waals surface area contributed by atoms with Crippen LogP contribution in [-0.2, 0) is 11.3 Å². The molecule has 0 saturated carbocycles. The molecule has 138 valence electrons. The van der Waals surface area contributed by atoms with Gasteiger partial charge in [-0.15, -0.1) is 0 Å². The van der Waals surface area contributed by atoms with Gasteiger partial charge in [0, 0.05) is 36.6 Å². The van der Waals surface area contributed by atoms with Crippen molar-refractivity contribution in [2.45, 2.75) is 27.3 Å². The fourth-order valence-electron chi connectivity index (χ4n) is 3.28. The minimum atomic E-state index is -0.164. The van der Waals surface area contributed by atoms with E-state index in [4.69, 9.17) is 5.26 Å². The first-order valence-electron chi connectivity index (χ1n) is 8.77. The molecule has 0 spiro atoms. The number of amides is 1. The number of carbonyl (C=O) groups excluding carboxylic acids is 1. The summed E-state index contributed by atoms with van der Waals surface area (Å²) in [6.45, 7) is 5.92. The molecule has 6 nitrogen and oxygen atoms in total. The summed E-state index contributed by atoms with van der Waals surface area (Å²) in [5.41, 5.74) is 5.83. The number of anilines is 1. The van der Waals surface area contributed by atoms with Crippen molar-refractivity contribution < 1.29 is 4.79 Å². The van der Waals surface area contributed by atoms with Gasteiger partial charge in [0.05, 0.1) is 17.2 Å². The lowest BCUT2D eigenvalue weighted by Gasteiger charge is -2.10. The number of hydrogen-bond acceptors (Lipinski definition) is 4. The largest absolute Gasteiger partial charge is 0.343 e. The molecule has 1 N–H and O–H groups in total. The Morgan fingerprint density at radius 3 is 2.32 bits per heavy atom. The van der Waals surface area contributed by atoms with Crippen LogP contribution in [0.2, 0.25) is 0 Å². The van der Waals surface area contributed by atoms with Crippen LogP contribution in [0.5, 0.6) is 0 Å². The summed E-state index contributed by atoms with van der Waals surface area (Å²) >= 11 is 0. The highest BCUT2D eigenvalue weighted by Crippen LogP contribution is 2.32. The zero-order valence-electron chi connectivity index (χ0n) is 15.9. The summed E-state index contributed by atoms with van der Waals surface area (Å²) in [4.78, 5) is 15.4. The maximum atomic E-state index is 11.1. The Hall–Kier alpha value is -3.90. The van der Waals surface area contributed by atoms with Crippen LogP contribution in [0.1, 0.15) is 35.0 Å². The highest BCUT2D eigenvalue weighted by atomic mass is 16.1. The molecule has 0 saturated heterocycles. The van der Waals surface area contributed by atoms with Crippen LogP contribution in [0.3, 0.4) is 0 Å². The van der Waals surface area contributed by atoms with Gasteiger partial charge in [0.25, 0.3) is 0 Å². The molecule has 3 rings (SSSR count). The molecule has 0 bridgehead atoms. The number of pyridine rings is 1. The smallest absolute Gasteiger partial charge is 0.222 e. The van der Waals surface area contributed by atoms with Gasteiger partial charge in [0.1, 0.15) is 11.9 Å². The minimum Gasteiger partial charge on any atom is -0.343 e. The van der Waals surface area contributed by atoms with Crippen LogP contribution in [0.15, 0.2) is 42.6 Å². The second kappa shape index (κ2) is 7.77. The summed E-state index contributed by atoms with van der Waals surface area (Å²) in [5.74, 6) is 0.344. The Kier molecular flexibility index (Phi) is 5.24. The summed E-state index contributed by atoms with van der Waals surface area (Å²) in [6, 6.07) is 15.4. The topological polar surface area (TPSA) is 94.5 Å². The third-order valence-electron chi connectivity index (χ3n) is 4.67. The molecular formula is C22H19N5O. The van der Waals surface area contributed by atoms with Gasteiger partial charge in [-0.25, -0.2) is 4.98 Å². The molecule has 1 aromatic carbocycles. The number of aromatic nitrogens is 2. The third kappa shape index (κ3) is 3.62. The van der Waals surface area contributed by atoms with E-state index >= 15 is 0 Å². The van der Waals surface area contributed by atoms with E-state index in [1.807, 2.05) is 32.0 Å². The van der Waals surface area contributed by atoms with E-state index < -0.39 is 0 Å². The van der Waals surface area contributed by atoms with Crippen LogP contribution in [0.4, 0.5) is 5.82 Å². The second-order valence-corrected chi connectivity index (χ2v) is 6.54. The Bertz CT molecular complexity index is 1110. The van der Waals surface area contributed by atoms with Gasteiger partial charge in [-0.1, -0.05) is 18.2 Å². The maximum absolute atomic E-state index is 11.1.